The predicted octanol–water partition coefficient (Wildman–Crippen LogP) is 5.69. The maximum Gasteiger partial charge on any atom is 0.133 e. The van der Waals surface area contributed by atoms with E-state index in [9.17, 15) is 5.11 Å². The predicted molar refractivity (Wildman–Crippen MR) is 120 cm³/mol. The molecule has 29 heavy (non-hydrogen) atoms. The van der Waals surface area contributed by atoms with Crippen molar-refractivity contribution < 1.29 is 9.84 Å². The minimum absolute atomic E-state index is 0.0455. The van der Waals surface area contributed by atoms with Crippen molar-refractivity contribution in [3.05, 3.63) is 93.5 Å². The summed E-state index contributed by atoms with van der Waals surface area (Å²) in [5.74, 6) is 1.08. The average Bonchev–Trinajstić information content (AvgIpc) is 2.74. The highest BCUT2D eigenvalue weighted by Crippen LogP contribution is 2.36. The number of phenolic OH excluding ortho intramolecular Hbond substituents is 1. The molecule has 2 N–H and O–H groups in total. The second-order valence-electron chi connectivity index (χ2n) is 7.22. The third-order valence-electron chi connectivity index (χ3n) is 5.23. The number of methoxy groups -OCH3 is 1. The van der Waals surface area contributed by atoms with E-state index in [1.54, 1.807) is 13.2 Å². The van der Waals surface area contributed by atoms with Crippen molar-refractivity contribution in [1.29, 1.82) is 0 Å². The fourth-order valence-corrected chi connectivity index (χ4v) is 4.19. The van der Waals surface area contributed by atoms with Gasteiger partial charge in [0.2, 0.25) is 0 Å². The number of hydrogen-bond donors (Lipinski definition) is 2. The number of aryl methyl sites for hydroxylation is 1. The van der Waals surface area contributed by atoms with E-state index in [1.165, 1.54) is 5.56 Å². The first-order valence-corrected chi connectivity index (χ1v) is 10.4. The molecule has 1 aliphatic rings. The van der Waals surface area contributed by atoms with Crippen LogP contribution in [0.25, 0.3) is 0 Å². The molecule has 5 heteroatoms. The minimum atomic E-state index is -0.230. The lowest BCUT2D eigenvalue weighted by molar-refractivity contribution is 0.406. The molecule has 1 heterocycles. The van der Waals surface area contributed by atoms with Gasteiger partial charge in [-0.1, -0.05) is 54.1 Å². The number of para-hydroxylation sites is 1. The number of benzene rings is 3. The summed E-state index contributed by atoms with van der Waals surface area (Å²) in [6.45, 7) is 2.08. The lowest BCUT2D eigenvalue weighted by Crippen LogP contribution is -2.33. The molecule has 2 atom stereocenters. The van der Waals surface area contributed by atoms with Gasteiger partial charge in [-0.2, -0.15) is 0 Å². The highest BCUT2D eigenvalue weighted by Gasteiger charge is 2.27. The quantitative estimate of drug-likeness (QED) is 0.536. The Morgan fingerprint density at radius 1 is 1.07 bits per heavy atom. The van der Waals surface area contributed by atoms with Crippen molar-refractivity contribution in [1.82, 2.24) is 5.32 Å². The summed E-state index contributed by atoms with van der Waals surface area (Å²) in [6, 6.07) is 21.9. The van der Waals surface area contributed by atoms with Gasteiger partial charge in [-0.25, -0.2) is 0 Å². The molecule has 0 saturated heterocycles. The number of aliphatic imine (C=N–C) groups is 1. The zero-order chi connectivity index (χ0) is 20.4. The number of nitrogens with zero attached hydrogens (tertiary/aromatic N) is 1. The zero-order valence-corrected chi connectivity index (χ0v) is 18.0. The summed E-state index contributed by atoms with van der Waals surface area (Å²) in [4.78, 5) is 5.02. The van der Waals surface area contributed by atoms with Gasteiger partial charge < -0.3 is 9.84 Å². The maximum atomic E-state index is 10.4. The van der Waals surface area contributed by atoms with Crippen LogP contribution in [0.4, 0.5) is 0 Å². The van der Waals surface area contributed by atoms with Gasteiger partial charge in [-0.3, -0.25) is 10.3 Å². The van der Waals surface area contributed by atoms with Crippen LogP contribution in [0.5, 0.6) is 11.5 Å². The van der Waals surface area contributed by atoms with Crippen molar-refractivity contribution in [3.8, 4) is 11.5 Å². The lowest BCUT2D eigenvalue weighted by atomic mass is 9.93. The Morgan fingerprint density at radius 2 is 1.83 bits per heavy atom. The SMILES string of the molecule is COc1ccc(C2N=C(c3ccc(C)cc3)CC(c3ccccc3O)N2)cc1Br. The monoisotopic (exact) mass is 450 g/mol. The molecule has 0 radical (unpaired) electrons. The highest BCUT2D eigenvalue weighted by atomic mass is 79.9. The zero-order valence-electron chi connectivity index (χ0n) is 16.4. The molecule has 1 aliphatic heterocycles. The van der Waals surface area contributed by atoms with Gasteiger partial charge in [-0.15, -0.1) is 0 Å². The number of halogens is 1. The summed E-state index contributed by atoms with van der Waals surface area (Å²) in [6.07, 6.45) is 0.473. The van der Waals surface area contributed by atoms with E-state index >= 15 is 0 Å². The van der Waals surface area contributed by atoms with E-state index < -0.39 is 0 Å². The maximum absolute atomic E-state index is 10.4. The van der Waals surface area contributed by atoms with E-state index in [2.05, 4.69) is 52.4 Å². The summed E-state index contributed by atoms with van der Waals surface area (Å²) in [7, 11) is 1.65. The molecular weight excluding hydrogens is 428 g/mol. The van der Waals surface area contributed by atoms with Crippen LogP contribution in [0.15, 0.2) is 76.2 Å². The Morgan fingerprint density at radius 3 is 2.52 bits per heavy atom. The van der Waals surface area contributed by atoms with Crippen molar-refractivity contribution in [2.75, 3.05) is 7.11 Å². The fourth-order valence-electron chi connectivity index (χ4n) is 3.63. The molecule has 0 amide bonds. The first kappa shape index (κ1) is 19.7. The number of nitrogens with one attached hydrogen (secondary N) is 1. The second-order valence-corrected chi connectivity index (χ2v) is 8.07. The Bertz CT molecular complexity index is 1050. The third-order valence-corrected chi connectivity index (χ3v) is 5.85. The van der Waals surface area contributed by atoms with Gasteiger partial charge in [0, 0.05) is 23.7 Å². The Balaban J connectivity index is 1.76. The van der Waals surface area contributed by atoms with E-state index in [4.69, 9.17) is 9.73 Å². The van der Waals surface area contributed by atoms with Crippen LogP contribution in [0.2, 0.25) is 0 Å². The molecule has 148 valence electrons. The van der Waals surface area contributed by atoms with Gasteiger partial charge in [0.1, 0.15) is 17.7 Å². The van der Waals surface area contributed by atoms with E-state index in [-0.39, 0.29) is 12.2 Å². The standard InChI is InChI=1S/C24H23BrN2O2/c1-15-7-9-16(10-8-15)20-14-21(18-5-3-4-6-22(18)28)27-24(26-20)17-11-12-23(29-2)19(25)13-17/h3-13,21,24,27-28H,14H2,1-2H3. The van der Waals surface area contributed by atoms with Gasteiger partial charge >= 0.3 is 0 Å². The molecule has 0 spiro atoms. The molecule has 4 nitrogen and oxygen atoms in total. The molecule has 0 bridgehead atoms. The molecule has 0 aliphatic carbocycles. The highest BCUT2D eigenvalue weighted by molar-refractivity contribution is 9.10. The number of ether oxygens (including phenoxy) is 1. The van der Waals surface area contributed by atoms with Crippen LogP contribution in [0, 0.1) is 6.92 Å². The smallest absolute Gasteiger partial charge is 0.133 e. The molecule has 0 aromatic heterocycles. The van der Waals surface area contributed by atoms with Gasteiger partial charge in [-0.05, 0) is 52.2 Å². The number of hydrogen-bond acceptors (Lipinski definition) is 4. The molecule has 4 rings (SSSR count). The number of aromatic hydroxyl groups is 1. The Kier molecular flexibility index (Phi) is 5.69. The van der Waals surface area contributed by atoms with Crippen molar-refractivity contribution in [2.45, 2.75) is 25.6 Å². The van der Waals surface area contributed by atoms with E-state index in [0.717, 1.165) is 32.6 Å². The van der Waals surface area contributed by atoms with E-state index in [1.807, 2.05) is 36.4 Å². The number of rotatable bonds is 4. The number of phenols is 1. The Hall–Kier alpha value is -2.63. The van der Waals surface area contributed by atoms with Gasteiger partial charge in [0.25, 0.3) is 0 Å². The van der Waals surface area contributed by atoms with Crippen molar-refractivity contribution in [3.63, 3.8) is 0 Å². The van der Waals surface area contributed by atoms with Crippen LogP contribution < -0.4 is 10.1 Å². The molecule has 0 saturated carbocycles. The van der Waals surface area contributed by atoms with Gasteiger partial charge in [0.15, 0.2) is 0 Å². The summed E-state index contributed by atoms with van der Waals surface area (Å²) in [5, 5.41) is 14.0. The van der Waals surface area contributed by atoms with Crippen LogP contribution >= 0.6 is 15.9 Å². The van der Waals surface area contributed by atoms with Crippen molar-refractivity contribution >= 4 is 21.6 Å². The van der Waals surface area contributed by atoms with E-state index in [0.29, 0.717) is 12.2 Å². The Labute approximate surface area is 179 Å². The van der Waals surface area contributed by atoms with Crippen LogP contribution in [0.1, 0.15) is 40.9 Å². The molecule has 0 fully saturated rings. The topological polar surface area (TPSA) is 53.9 Å². The summed E-state index contributed by atoms with van der Waals surface area (Å²) < 4.78 is 6.24. The summed E-state index contributed by atoms with van der Waals surface area (Å²) in [5.41, 5.74) is 5.26. The molecule has 2 unspecified atom stereocenters. The van der Waals surface area contributed by atoms with Crippen LogP contribution in [-0.2, 0) is 0 Å². The summed E-state index contributed by atoms with van der Waals surface area (Å²) >= 11 is 3.57. The van der Waals surface area contributed by atoms with Crippen molar-refractivity contribution in [2.24, 2.45) is 4.99 Å². The normalized spacial score (nSPS) is 18.9. The van der Waals surface area contributed by atoms with Crippen LogP contribution in [-0.4, -0.2) is 17.9 Å². The minimum Gasteiger partial charge on any atom is -0.508 e. The lowest BCUT2D eigenvalue weighted by Gasteiger charge is -2.31. The fraction of sp³-hybridized carbons (Fsp3) is 0.208. The third kappa shape index (κ3) is 4.21. The molecular formula is C24H23BrN2O2. The largest absolute Gasteiger partial charge is 0.508 e. The first-order chi connectivity index (χ1) is 14.0. The van der Waals surface area contributed by atoms with Gasteiger partial charge in [0.05, 0.1) is 11.6 Å². The molecule has 3 aromatic carbocycles. The molecule has 3 aromatic rings. The second kappa shape index (κ2) is 8.39. The first-order valence-electron chi connectivity index (χ1n) is 9.56. The van der Waals surface area contributed by atoms with Crippen LogP contribution in [0.3, 0.4) is 0 Å². The average molecular weight is 451 g/mol.